The molecule has 0 aliphatic carbocycles. The predicted octanol–water partition coefficient (Wildman–Crippen LogP) is 4.11. The van der Waals surface area contributed by atoms with Crippen LogP contribution in [0.2, 0.25) is 0 Å². The fourth-order valence-electron chi connectivity index (χ4n) is 1.43. The molecule has 0 saturated heterocycles. The number of halogens is 1. The summed E-state index contributed by atoms with van der Waals surface area (Å²) in [5.74, 6) is 0.402. The van der Waals surface area contributed by atoms with Crippen molar-refractivity contribution in [3.8, 4) is 0 Å². The molecule has 1 atom stereocenters. The van der Waals surface area contributed by atoms with Crippen LogP contribution in [0.5, 0.6) is 0 Å². The lowest BCUT2D eigenvalue weighted by Crippen LogP contribution is -2.14. The van der Waals surface area contributed by atoms with Gasteiger partial charge in [-0.3, -0.25) is 0 Å². The lowest BCUT2D eigenvalue weighted by Gasteiger charge is -2.20. The van der Waals surface area contributed by atoms with Crippen LogP contribution in [-0.2, 0) is 0 Å². The Balaban J connectivity index is 2.31. The Morgan fingerprint density at radius 2 is 2.06 bits per heavy atom. The molecule has 0 aromatic heterocycles. The van der Waals surface area contributed by atoms with Crippen molar-refractivity contribution in [1.29, 1.82) is 0 Å². The number of aliphatic hydroxyl groups is 1. The zero-order valence-corrected chi connectivity index (χ0v) is 11.6. The Morgan fingerprint density at radius 3 is 2.65 bits per heavy atom. The van der Waals surface area contributed by atoms with Crippen molar-refractivity contribution < 1.29 is 9.50 Å². The molecule has 3 heteroatoms. The number of aliphatic hydroxyl groups excluding tert-OH is 1. The zero-order valence-electron chi connectivity index (χ0n) is 10.7. The van der Waals surface area contributed by atoms with E-state index in [9.17, 15) is 9.50 Å². The minimum absolute atomic E-state index is 0.223. The molecule has 0 fully saturated rings. The third-order valence-electron chi connectivity index (χ3n) is 2.47. The minimum Gasteiger partial charge on any atom is -0.392 e. The average molecular weight is 256 g/mol. The molecule has 0 aliphatic rings. The van der Waals surface area contributed by atoms with Gasteiger partial charge in [0.1, 0.15) is 5.82 Å². The highest BCUT2D eigenvalue weighted by Crippen LogP contribution is 2.25. The van der Waals surface area contributed by atoms with Gasteiger partial charge in [-0.15, -0.1) is 11.8 Å². The second kappa shape index (κ2) is 6.41. The highest BCUT2D eigenvalue weighted by molar-refractivity contribution is 7.99. The Labute approximate surface area is 107 Å². The summed E-state index contributed by atoms with van der Waals surface area (Å²) in [6.45, 7) is 6.50. The highest BCUT2D eigenvalue weighted by atomic mass is 32.2. The van der Waals surface area contributed by atoms with Crippen LogP contribution in [0, 0.1) is 11.2 Å². The van der Waals surface area contributed by atoms with Crippen molar-refractivity contribution in [1.82, 2.24) is 0 Å². The number of benzene rings is 1. The second-order valence-corrected chi connectivity index (χ2v) is 6.61. The number of hydrogen-bond acceptors (Lipinski definition) is 2. The summed E-state index contributed by atoms with van der Waals surface area (Å²) in [7, 11) is 0. The molecule has 1 nitrogen and oxygen atoms in total. The SMILES string of the molecule is CC(C)(C)CCC(O)CSc1cccc(F)c1. The molecular weight excluding hydrogens is 235 g/mol. The van der Waals surface area contributed by atoms with Crippen LogP contribution in [0.3, 0.4) is 0 Å². The minimum atomic E-state index is -0.317. The summed E-state index contributed by atoms with van der Waals surface area (Å²) in [6.07, 6.45) is 1.48. The van der Waals surface area contributed by atoms with Crippen molar-refractivity contribution in [2.24, 2.45) is 5.41 Å². The molecule has 1 N–H and O–H groups in total. The van der Waals surface area contributed by atoms with Crippen molar-refractivity contribution in [2.75, 3.05) is 5.75 Å². The summed E-state index contributed by atoms with van der Waals surface area (Å²) in [6, 6.07) is 6.49. The van der Waals surface area contributed by atoms with Gasteiger partial charge in [0.05, 0.1) is 6.10 Å². The van der Waals surface area contributed by atoms with E-state index in [0.29, 0.717) is 5.75 Å². The number of rotatable bonds is 5. The molecule has 1 rings (SSSR count). The summed E-state index contributed by atoms with van der Waals surface area (Å²) >= 11 is 1.50. The van der Waals surface area contributed by atoms with E-state index < -0.39 is 0 Å². The zero-order chi connectivity index (χ0) is 12.9. The Bertz CT molecular complexity index is 346. The third-order valence-corrected chi connectivity index (χ3v) is 3.60. The maximum atomic E-state index is 12.9. The largest absolute Gasteiger partial charge is 0.392 e. The molecule has 0 aliphatic heterocycles. The molecular formula is C14H21FOS. The van der Waals surface area contributed by atoms with Gasteiger partial charge in [-0.1, -0.05) is 26.8 Å². The van der Waals surface area contributed by atoms with E-state index in [1.807, 2.05) is 6.07 Å². The molecule has 0 spiro atoms. The van der Waals surface area contributed by atoms with E-state index >= 15 is 0 Å². The standard InChI is InChI=1S/C14H21FOS/c1-14(2,3)8-7-12(16)10-17-13-6-4-5-11(15)9-13/h4-6,9,12,16H,7-8,10H2,1-3H3. The lowest BCUT2D eigenvalue weighted by molar-refractivity contribution is 0.167. The molecule has 0 amide bonds. The van der Waals surface area contributed by atoms with E-state index in [-0.39, 0.29) is 17.3 Å². The molecule has 1 aromatic rings. The molecule has 0 bridgehead atoms. The van der Waals surface area contributed by atoms with E-state index in [1.54, 1.807) is 6.07 Å². The van der Waals surface area contributed by atoms with E-state index in [2.05, 4.69) is 20.8 Å². The summed E-state index contributed by atoms with van der Waals surface area (Å²) < 4.78 is 12.9. The van der Waals surface area contributed by atoms with Crippen molar-refractivity contribution in [2.45, 2.75) is 44.6 Å². The van der Waals surface area contributed by atoms with Gasteiger partial charge in [0.2, 0.25) is 0 Å². The highest BCUT2D eigenvalue weighted by Gasteiger charge is 2.13. The van der Waals surface area contributed by atoms with Crippen LogP contribution in [-0.4, -0.2) is 17.0 Å². The van der Waals surface area contributed by atoms with E-state index in [1.165, 1.54) is 23.9 Å². The monoisotopic (exact) mass is 256 g/mol. The Morgan fingerprint density at radius 1 is 1.35 bits per heavy atom. The summed E-state index contributed by atoms with van der Waals surface area (Å²) in [5.41, 5.74) is 0.254. The quantitative estimate of drug-likeness (QED) is 0.800. The fourth-order valence-corrected chi connectivity index (χ4v) is 2.35. The van der Waals surface area contributed by atoms with Gasteiger partial charge in [-0.05, 0) is 36.5 Å². The van der Waals surface area contributed by atoms with Gasteiger partial charge in [-0.25, -0.2) is 4.39 Å². The first-order valence-corrected chi connectivity index (χ1v) is 6.92. The summed E-state index contributed by atoms with van der Waals surface area (Å²) in [5, 5.41) is 9.83. The van der Waals surface area contributed by atoms with E-state index in [4.69, 9.17) is 0 Å². The van der Waals surface area contributed by atoms with Crippen molar-refractivity contribution in [3.05, 3.63) is 30.1 Å². The van der Waals surface area contributed by atoms with Crippen LogP contribution < -0.4 is 0 Å². The molecule has 1 aromatic carbocycles. The Kier molecular flexibility index (Phi) is 5.47. The van der Waals surface area contributed by atoms with Gasteiger partial charge >= 0.3 is 0 Å². The molecule has 1 unspecified atom stereocenters. The fraction of sp³-hybridized carbons (Fsp3) is 0.571. The topological polar surface area (TPSA) is 20.2 Å². The molecule has 0 radical (unpaired) electrons. The lowest BCUT2D eigenvalue weighted by atomic mass is 9.89. The van der Waals surface area contributed by atoms with Gasteiger partial charge in [0.25, 0.3) is 0 Å². The molecule has 0 saturated carbocycles. The van der Waals surface area contributed by atoms with Crippen LogP contribution in [0.1, 0.15) is 33.6 Å². The summed E-state index contributed by atoms with van der Waals surface area (Å²) in [4.78, 5) is 0.875. The van der Waals surface area contributed by atoms with Gasteiger partial charge < -0.3 is 5.11 Å². The smallest absolute Gasteiger partial charge is 0.124 e. The van der Waals surface area contributed by atoms with Crippen molar-refractivity contribution in [3.63, 3.8) is 0 Å². The molecule has 96 valence electrons. The third kappa shape index (κ3) is 6.69. The first kappa shape index (κ1) is 14.5. The normalized spacial score (nSPS) is 13.7. The van der Waals surface area contributed by atoms with Gasteiger partial charge in [-0.2, -0.15) is 0 Å². The number of hydrogen-bond donors (Lipinski definition) is 1. The second-order valence-electron chi connectivity index (χ2n) is 5.52. The van der Waals surface area contributed by atoms with Crippen LogP contribution in [0.4, 0.5) is 4.39 Å². The maximum Gasteiger partial charge on any atom is 0.124 e. The van der Waals surface area contributed by atoms with Gasteiger partial charge in [0, 0.05) is 10.6 Å². The van der Waals surface area contributed by atoms with Crippen molar-refractivity contribution >= 4 is 11.8 Å². The van der Waals surface area contributed by atoms with Crippen LogP contribution in [0.15, 0.2) is 29.2 Å². The first-order chi connectivity index (χ1) is 7.87. The predicted molar refractivity (Wildman–Crippen MR) is 71.8 cm³/mol. The first-order valence-electron chi connectivity index (χ1n) is 5.93. The van der Waals surface area contributed by atoms with E-state index in [0.717, 1.165) is 17.7 Å². The average Bonchev–Trinajstić information content (AvgIpc) is 2.23. The maximum absolute atomic E-state index is 12.9. The molecule has 0 heterocycles. The molecule has 17 heavy (non-hydrogen) atoms. The Hall–Kier alpha value is -0.540. The number of thioether (sulfide) groups is 1. The van der Waals surface area contributed by atoms with Crippen LogP contribution >= 0.6 is 11.8 Å². The van der Waals surface area contributed by atoms with Crippen LogP contribution in [0.25, 0.3) is 0 Å². The van der Waals surface area contributed by atoms with Gasteiger partial charge in [0.15, 0.2) is 0 Å².